The average molecular weight is 1090 g/mol. The van der Waals surface area contributed by atoms with Crippen LogP contribution in [0.4, 0.5) is 4.79 Å². The number of aromatic amines is 1. The van der Waals surface area contributed by atoms with Crippen LogP contribution >= 0.6 is 11.3 Å². The second-order valence-electron chi connectivity index (χ2n) is 22.9. The molecular weight excluding hydrogens is 1020 g/mol. The number of piperidine rings is 1. The fourth-order valence-electron chi connectivity index (χ4n) is 9.44. The molecule has 1 saturated heterocycles. The number of fused-ring (bicyclic) bond motifs is 1. The summed E-state index contributed by atoms with van der Waals surface area (Å²) in [6.45, 7) is 20.0. The Morgan fingerprint density at radius 1 is 0.782 bits per heavy atom. The number of phenolic OH excluding ortho intramolecular Hbond substituents is 1. The summed E-state index contributed by atoms with van der Waals surface area (Å²) in [6.07, 6.45) is 1.21. The number of H-pyrrole nitrogens is 1. The van der Waals surface area contributed by atoms with Gasteiger partial charge in [0.25, 0.3) is 5.91 Å². The lowest BCUT2D eigenvalue weighted by Crippen LogP contribution is -2.46. The first-order valence-electron chi connectivity index (χ1n) is 26.8. The van der Waals surface area contributed by atoms with Crippen LogP contribution in [0.25, 0.3) is 21.3 Å². The number of thiophene rings is 1. The lowest BCUT2D eigenvalue weighted by molar-refractivity contribution is -0.164. The number of carbonyl (C=O) groups excluding carboxylic acids is 3. The van der Waals surface area contributed by atoms with Crippen molar-refractivity contribution in [2.45, 2.75) is 109 Å². The normalized spacial score (nSPS) is 14.8. The van der Waals surface area contributed by atoms with E-state index in [9.17, 15) is 29.4 Å². The molecule has 0 saturated carbocycles. The molecule has 2 amide bonds. The van der Waals surface area contributed by atoms with E-state index in [1.807, 2.05) is 75.4 Å². The Bertz CT molecular complexity index is 3220. The van der Waals surface area contributed by atoms with Crippen molar-refractivity contribution in [3.05, 3.63) is 194 Å². The highest BCUT2D eigenvalue weighted by atomic mass is 32.1. The molecule has 5 aromatic carbocycles. The Morgan fingerprint density at radius 2 is 1.42 bits per heavy atom. The van der Waals surface area contributed by atoms with Crippen molar-refractivity contribution in [2.75, 3.05) is 32.8 Å². The topological polar surface area (TPSA) is 171 Å². The third-order valence-corrected chi connectivity index (χ3v) is 20.6. The van der Waals surface area contributed by atoms with Gasteiger partial charge in [0.05, 0.1) is 29.6 Å². The number of ether oxygens (including phenoxy) is 2. The fourth-order valence-corrected chi connectivity index (χ4v) is 11.6. The number of phenols is 1. The van der Waals surface area contributed by atoms with Crippen LogP contribution in [0.5, 0.6) is 5.75 Å². The van der Waals surface area contributed by atoms with Crippen LogP contribution in [0, 0.1) is 5.92 Å². The van der Waals surface area contributed by atoms with Crippen molar-refractivity contribution < 1.29 is 38.5 Å². The largest absolute Gasteiger partial charge is 0.506 e. The zero-order valence-electron chi connectivity index (χ0n) is 46.1. The Morgan fingerprint density at radius 3 is 2.08 bits per heavy atom. The van der Waals surface area contributed by atoms with Crippen LogP contribution in [0.15, 0.2) is 150 Å². The number of carbonyl (C=O) groups is 3. The summed E-state index contributed by atoms with van der Waals surface area (Å²) in [6, 6.07) is 44.5. The van der Waals surface area contributed by atoms with Crippen molar-refractivity contribution in [1.29, 1.82) is 0 Å². The highest BCUT2D eigenvalue weighted by molar-refractivity contribution is 7.17. The SMILES string of the molecule is CC(C)(C)OC(=O)N(CCc1ccc(CNC(=O)c2ccc(-c3ccc([C@](O)(C(=O)OCC4CCN(Cc5ccccc5)CC4)c4ccccc4)cc3)s2)cc1)C[C@H](O[Si](C)(C)C(C)(C)C)c1ccc(O)c2[nH]c(=O)ccc12. The quantitative estimate of drug-likeness (QED) is 0.0451. The van der Waals surface area contributed by atoms with Crippen molar-refractivity contribution in [3.63, 3.8) is 0 Å². The Hall–Kier alpha value is -6.88. The molecule has 1 aliphatic heterocycles. The molecule has 1 aliphatic rings. The third-order valence-electron chi connectivity index (χ3n) is 15.0. The molecule has 0 bridgehead atoms. The summed E-state index contributed by atoms with van der Waals surface area (Å²) in [5.41, 5.74) is 2.73. The van der Waals surface area contributed by atoms with Crippen LogP contribution < -0.4 is 10.9 Å². The zero-order valence-corrected chi connectivity index (χ0v) is 48.0. The summed E-state index contributed by atoms with van der Waals surface area (Å²) in [5, 5.41) is 26.5. The van der Waals surface area contributed by atoms with Crippen molar-refractivity contribution in [2.24, 2.45) is 5.92 Å². The van der Waals surface area contributed by atoms with Gasteiger partial charge in [-0.2, -0.15) is 0 Å². The van der Waals surface area contributed by atoms with E-state index in [0.717, 1.165) is 59.6 Å². The first-order valence-corrected chi connectivity index (χ1v) is 30.6. The lowest BCUT2D eigenvalue weighted by Gasteiger charge is -2.41. The van der Waals surface area contributed by atoms with Gasteiger partial charge in [-0.25, -0.2) is 9.59 Å². The highest BCUT2D eigenvalue weighted by Gasteiger charge is 2.43. The number of nitrogens with one attached hydrogen (secondary N) is 2. The number of hydrogen-bond acceptors (Lipinski definition) is 11. The van der Waals surface area contributed by atoms with Gasteiger partial charge in [0, 0.05) is 36.0 Å². The van der Waals surface area contributed by atoms with E-state index in [2.05, 4.69) is 73.3 Å². The van der Waals surface area contributed by atoms with Crippen LogP contribution in [0.3, 0.4) is 0 Å². The zero-order chi connectivity index (χ0) is 55.8. The molecule has 4 N–H and O–H groups in total. The average Bonchev–Trinajstić information content (AvgIpc) is 3.99. The van der Waals surface area contributed by atoms with Gasteiger partial charge in [-0.1, -0.05) is 136 Å². The summed E-state index contributed by atoms with van der Waals surface area (Å²) in [7, 11) is -2.46. The molecule has 2 atom stereocenters. The Kier molecular flexibility index (Phi) is 17.9. The molecule has 1 fully saturated rings. The van der Waals surface area contributed by atoms with Gasteiger partial charge in [-0.3, -0.25) is 14.5 Å². The summed E-state index contributed by atoms with van der Waals surface area (Å²) >= 11 is 1.35. The number of aromatic nitrogens is 1. The molecule has 0 aliphatic carbocycles. The van der Waals surface area contributed by atoms with Gasteiger partial charge in [-0.15, -0.1) is 11.3 Å². The molecule has 7 aromatic rings. The molecule has 13 nitrogen and oxygen atoms in total. The first-order chi connectivity index (χ1) is 37.1. The molecule has 0 unspecified atom stereocenters. The number of rotatable bonds is 19. The van der Waals surface area contributed by atoms with Crippen molar-refractivity contribution in [1.82, 2.24) is 20.1 Å². The molecule has 78 heavy (non-hydrogen) atoms. The van der Waals surface area contributed by atoms with Gasteiger partial charge in [-0.05, 0) is 140 Å². The van der Waals surface area contributed by atoms with Gasteiger partial charge >= 0.3 is 12.1 Å². The van der Waals surface area contributed by atoms with Gasteiger partial charge in [0.15, 0.2) is 8.32 Å². The van der Waals surface area contributed by atoms with E-state index >= 15 is 0 Å². The number of pyridine rings is 1. The van der Waals surface area contributed by atoms with Crippen LogP contribution in [0.2, 0.25) is 18.1 Å². The van der Waals surface area contributed by atoms with E-state index in [1.165, 1.54) is 23.0 Å². The monoisotopic (exact) mass is 1090 g/mol. The third kappa shape index (κ3) is 14.2. The number of amides is 2. The second-order valence-corrected chi connectivity index (χ2v) is 28.8. The molecule has 15 heteroatoms. The summed E-state index contributed by atoms with van der Waals surface area (Å²) in [5.74, 6) is -0.783. The minimum atomic E-state index is -2.46. The van der Waals surface area contributed by atoms with Crippen molar-refractivity contribution >= 4 is 48.5 Å². The van der Waals surface area contributed by atoms with Crippen molar-refractivity contribution in [3.8, 4) is 16.2 Å². The number of esters is 1. The summed E-state index contributed by atoms with van der Waals surface area (Å²) < 4.78 is 19.0. The number of benzene rings is 5. The predicted molar refractivity (Wildman–Crippen MR) is 311 cm³/mol. The molecule has 8 rings (SSSR count). The number of hydrogen-bond donors (Lipinski definition) is 4. The lowest BCUT2D eigenvalue weighted by atomic mass is 9.85. The Balaban J connectivity index is 0.887. The first kappa shape index (κ1) is 57.3. The predicted octanol–water partition coefficient (Wildman–Crippen LogP) is 12.1. The minimum Gasteiger partial charge on any atom is -0.506 e. The minimum absolute atomic E-state index is 0.0573. The molecule has 2 aromatic heterocycles. The number of aliphatic hydroxyl groups is 1. The fraction of sp³-hybridized carbons (Fsp3) is 0.365. The Labute approximate surface area is 463 Å². The van der Waals surface area contributed by atoms with Gasteiger partial charge in [0.1, 0.15) is 11.4 Å². The smallest absolute Gasteiger partial charge is 0.410 e. The molecule has 3 heterocycles. The molecule has 0 radical (unpaired) electrons. The second kappa shape index (κ2) is 24.4. The van der Waals surface area contributed by atoms with Crippen LogP contribution in [0.1, 0.15) is 104 Å². The maximum atomic E-state index is 14.0. The van der Waals surface area contributed by atoms with E-state index in [4.69, 9.17) is 13.9 Å². The maximum Gasteiger partial charge on any atom is 0.410 e. The van der Waals surface area contributed by atoms with E-state index in [-0.39, 0.29) is 41.3 Å². The van der Waals surface area contributed by atoms with E-state index in [0.29, 0.717) is 46.4 Å². The maximum absolute atomic E-state index is 14.0. The standard InChI is InChI=1S/C63H74N4O9SSi/c1-61(2,3)75-60(72)67(41-53(76-78(7,8)62(4,5)6)50-27-29-52(68)57-51(50)28-32-56(69)65-57)38-35-43-19-21-44(22-20-43)39-64-58(70)55-31-30-54(77-55)47-23-25-49(26-24-47)63(73,48-17-13-10-14-18-48)59(71)74-42-46-33-36-66(37-34-46)40-45-15-11-9-12-16-45/h9-32,46,53,68,73H,33-42H2,1-8H3,(H,64,70)(H,65,69)/t53-,63-/m0/s1. The number of likely N-dealkylation sites (tertiary alicyclic amines) is 1. The van der Waals surface area contributed by atoms with Gasteiger partial charge in [0.2, 0.25) is 11.2 Å². The van der Waals surface area contributed by atoms with E-state index < -0.39 is 37.7 Å². The number of nitrogens with zero attached hydrogens (tertiary/aromatic N) is 2. The number of aromatic hydroxyl groups is 1. The summed E-state index contributed by atoms with van der Waals surface area (Å²) in [4.78, 5) is 62.1. The van der Waals surface area contributed by atoms with Crippen LogP contribution in [-0.2, 0) is 43.8 Å². The van der Waals surface area contributed by atoms with Crippen LogP contribution in [-0.4, -0.2) is 89.7 Å². The molecular formula is C63H74N4O9SSi. The van der Waals surface area contributed by atoms with E-state index in [1.54, 1.807) is 65.6 Å². The molecule has 0 spiro atoms. The van der Waals surface area contributed by atoms with Gasteiger partial charge < -0.3 is 39.3 Å². The highest BCUT2D eigenvalue weighted by Crippen LogP contribution is 2.42. The molecule has 410 valence electrons.